The van der Waals surface area contributed by atoms with Crippen LogP contribution in [-0.4, -0.2) is 10.8 Å². The number of carbonyl (C=O) groups is 1. The maximum absolute atomic E-state index is 12.2. The monoisotopic (exact) mass is 315 g/mol. The predicted molar refractivity (Wildman–Crippen MR) is 87.7 cm³/mol. The van der Waals surface area contributed by atoms with Gasteiger partial charge < -0.3 is 0 Å². The van der Waals surface area contributed by atoms with Crippen LogP contribution in [-0.2, 0) is 6.42 Å². The van der Waals surface area contributed by atoms with Gasteiger partial charge in [-0.2, -0.15) is 0 Å². The Morgan fingerprint density at radius 1 is 1.14 bits per heavy atom. The van der Waals surface area contributed by atoms with Gasteiger partial charge in [-0.3, -0.25) is 9.59 Å². The summed E-state index contributed by atoms with van der Waals surface area (Å²) in [5.41, 5.74) is 1.65. The molecule has 0 unspecified atom stereocenters. The second kappa shape index (κ2) is 5.50. The van der Waals surface area contributed by atoms with Gasteiger partial charge in [0.2, 0.25) is 4.74 Å². The summed E-state index contributed by atoms with van der Waals surface area (Å²) in [6.07, 6.45) is 0.176. The zero-order valence-electron chi connectivity index (χ0n) is 11.7. The van der Waals surface area contributed by atoms with Crippen LogP contribution >= 0.6 is 22.7 Å². The summed E-state index contributed by atoms with van der Waals surface area (Å²) in [4.78, 5) is 30.8. The summed E-state index contributed by atoms with van der Waals surface area (Å²) >= 11 is 2.59. The van der Waals surface area contributed by atoms with E-state index in [-0.39, 0.29) is 16.9 Å². The second-order valence-corrected chi connectivity index (χ2v) is 7.07. The van der Waals surface area contributed by atoms with Gasteiger partial charge in [0, 0.05) is 10.4 Å². The third kappa shape index (κ3) is 2.66. The quantitative estimate of drug-likeness (QED) is 0.691. The molecular weight excluding hydrogens is 302 g/mol. The summed E-state index contributed by atoms with van der Waals surface area (Å²) in [6, 6.07) is 9.10. The van der Waals surface area contributed by atoms with Gasteiger partial charge >= 0.3 is 0 Å². The standard InChI is InChI=1S/C16H13NO2S2/c1-9-10(2)20-15-14(9)16(19)21-13(17-15)8-12(18)11-6-4-3-5-7-11/h3-7H,8H2,1-2H3. The lowest BCUT2D eigenvalue weighted by Crippen LogP contribution is -2.07. The van der Waals surface area contributed by atoms with Crippen molar-refractivity contribution in [2.45, 2.75) is 20.3 Å². The summed E-state index contributed by atoms with van der Waals surface area (Å²) in [5.74, 6) is -0.0110. The van der Waals surface area contributed by atoms with Crippen LogP contribution < -0.4 is 4.74 Å². The molecule has 5 heteroatoms. The number of nitrogens with zero attached hydrogens (tertiary/aromatic N) is 1. The van der Waals surface area contributed by atoms with Crippen molar-refractivity contribution in [2.75, 3.05) is 0 Å². The first-order valence-electron chi connectivity index (χ1n) is 6.54. The summed E-state index contributed by atoms with van der Waals surface area (Å²) in [5, 5.41) is 1.29. The van der Waals surface area contributed by atoms with Crippen LogP contribution in [0.1, 0.15) is 25.8 Å². The van der Waals surface area contributed by atoms with Crippen molar-refractivity contribution in [3.8, 4) is 0 Å². The highest BCUT2D eigenvalue weighted by Gasteiger charge is 2.14. The highest BCUT2D eigenvalue weighted by Crippen LogP contribution is 2.27. The molecule has 0 radical (unpaired) electrons. The fraction of sp³-hybridized carbons (Fsp3) is 0.188. The third-order valence-corrected chi connectivity index (χ3v) is 5.38. The average Bonchev–Trinajstić information content (AvgIpc) is 2.75. The molecule has 0 spiro atoms. The average molecular weight is 315 g/mol. The molecule has 0 N–H and O–H groups in total. The number of rotatable bonds is 3. The molecule has 3 aromatic rings. The van der Waals surface area contributed by atoms with E-state index in [1.165, 1.54) is 11.3 Å². The maximum Gasteiger partial charge on any atom is 0.244 e. The van der Waals surface area contributed by atoms with Crippen LogP contribution in [0.3, 0.4) is 0 Å². The van der Waals surface area contributed by atoms with Crippen LogP contribution in [0.2, 0.25) is 0 Å². The van der Waals surface area contributed by atoms with Gasteiger partial charge in [-0.25, -0.2) is 4.98 Å². The van der Waals surface area contributed by atoms with E-state index in [1.807, 2.05) is 32.0 Å². The molecule has 0 saturated carbocycles. The van der Waals surface area contributed by atoms with E-state index in [4.69, 9.17) is 0 Å². The minimum Gasteiger partial charge on any atom is -0.294 e. The number of thiophene rings is 1. The molecule has 1 aromatic carbocycles. The second-order valence-electron chi connectivity index (χ2n) is 4.82. The number of benzene rings is 1. The predicted octanol–water partition coefficient (Wildman–Crippen LogP) is 3.76. The Balaban J connectivity index is 1.99. The van der Waals surface area contributed by atoms with E-state index in [9.17, 15) is 9.59 Å². The SMILES string of the molecule is Cc1sc2nc(CC(=O)c3ccccc3)sc(=O)c2c1C. The molecule has 21 heavy (non-hydrogen) atoms. The molecule has 0 aliphatic heterocycles. The van der Waals surface area contributed by atoms with Gasteiger partial charge in [0.15, 0.2) is 5.78 Å². The highest BCUT2D eigenvalue weighted by atomic mass is 32.1. The molecule has 3 rings (SSSR count). The van der Waals surface area contributed by atoms with Crippen molar-refractivity contribution in [3.05, 3.63) is 60.9 Å². The maximum atomic E-state index is 12.2. The lowest BCUT2D eigenvalue weighted by Gasteiger charge is -2.00. The fourth-order valence-corrected chi connectivity index (χ4v) is 4.24. The number of fused-ring (bicyclic) bond motifs is 1. The Kier molecular flexibility index (Phi) is 3.69. The first kappa shape index (κ1) is 14.1. The molecule has 106 valence electrons. The Labute approximate surface area is 129 Å². The van der Waals surface area contributed by atoms with Crippen molar-refractivity contribution < 1.29 is 4.79 Å². The molecule has 3 nitrogen and oxygen atoms in total. The number of ketones is 1. The molecule has 0 amide bonds. The summed E-state index contributed by atoms with van der Waals surface area (Å²) in [6.45, 7) is 3.93. The van der Waals surface area contributed by atoms with Crippen molar-refractivity contribution >= 4 is 38.7 Å². The van der Waals surface area contributed by atoms with E-state index in [0.717, 1.165) is 26.6 Å². The largest absolute Gasteiger partial charge is 0.294 e. The molecule has 0 bridgehead atoms. The highest BCUT2D eigenvalue weighted by molar-refractivity contribution is 7.19. The summed E-state index contributed by atoms with van der Waals surface area (Å²) < 4.78 is -0.00212. The summed E-state index contributed by atoms with van der Waals surface area (Å²) in [7, 11) is 0. The molecular formula is C16H13NO2S2. The van der Waals surface area contributed by atoms with Crippen molar-refractivity contribution in [1.82, 2.24) is 4.98 Å². The lowest BCUT2D eigenvalue weighted by atomic mass is 10.1. The van der Waals surface area contributed by atoms with E-state index >= 15 is 0 Å². The number of Topliss-reactive ketones (excluding diaryl/α,β-unsaturated/α-hetero) is 1. The van der Waals surface area contributed by atoms with E-state index < -0.39 is 0 Å². The van der Waals surface area contributed by atoms with E-state index in [1.54, 1.807) is 12.1 Å². The molecule has 0 fully saturated rings. The van der Waals surface area contributed by atoms with Crippen LogP contribution in [0.5, 0.6) is 0 Å². The smallest absolute Gasteiger partial charge is 0.244 e. The van der Waals surface area contributed by atoms with Crippen molar-refractivity contribution in [1.29, 1.82) is 0 Å². The van der Waals surface area contributed by atoms with Crippen LogP contribution in [0.15, 0.2) is 35.1 Å². The number of carbonyl (C=O) groups excluding carboxylic acids is 1. The molecule has 0 aliphatic rings. The number of hydrogen-bond donors (Lipinski definition) is 0. The van der Waals surface area contributed by atoms with Crippen LogP contribution in [0.4, 0.5) is 0 Å². The Hall–Kier alpha value is -1.85. The number of hydrogen-bond acceptors (Lipinski definition) is 5. The van der Waals surface area contributed by atoms with E-state index in [2.05, 4.69) is 4.98 Å². The zero-order chi connectivity index (χ0) is 15.0. The number of aryl methyl sites for hydroxylation is 2. The van der Waals surface area contributed by atoms with Crippen molar-refractivity contribution in [3.63, 3.8) is 0 Å². The first-order chi connectivity index (χ1) is 10.1. The molecule has 0 atom stereocenters. The third-order valence-electron chi connectivity index (χ3n) is 3.42. The van der Waals surface area contributed by atoms with Gasteiger partial charge in [0.1, 0.15) is 9.84 Å². The minimum atomic E-state index is -0.0110. The number of aromatic nitrogens is 1. The van der Waals surface area contributed by atoms with E-state index in [0.29, 0.717) is 16.0 Å². The fourth-order valence-electron chi connectivity index (χ4n) is 2.16. The van der Waals surface area contributed by atoms with Gasteiger partial charge in [-0.15, -0.1) is 11.3 Å². The van der Waals surface area contributed by atoms with Crippen molar-refractivity contribution in [2.24, 2.45) is 0 Å². The normalized spacial score (nSPS) is 11.0. The van der Waals surface area contributed by atoms with Gasteiger partial charge in [-0.05, 0) is 19.4 Å². The molecule has 0 saturated heterocycles. The zero-order valence-corrected chi connectivity index (χ0v) is 13.3. The lowest BCUT2D eigenvalue weighted by molar-refractivity contribution is 0.0993. The Morgan fingerprint density at radius 2 is 1.86 bits per heavy atom. The molecule has 0 aliphatic carbocycles. The van der Waals surface area contributed by atoms with Crippen LogP contribution in [0.25, 0.3) is 10.2 Å². The van der Waals surface area contributed by atoms with Gasteiger partial charge in [-0.1, -0.05) is 41.7 Å². The van der Waals surface area contributed by atoms with Crippen LogP contribution in [0, 0.1) is 13.8 Å². The molecule has 2 heterocycles. The van der Waals surface area contributed by atoms with Gasteiger partial charge in [0.25, 0.3) is 0 Å². The topological polar surface area (TPSA) is 47.0 Å². The Bertz CT molecular complexity index is 878. The van der Waals surface area contributed by atoms with Gasteiger partial charge in [0.05, 0.1) is 11.8 Å². The Morgan fingerprint density at radius 3 is 2.57 bits per heavy atom. The molecule has 2 aromatic heterocycles. The minimum absolute atomic E-state index is 0.00212. The first-order valence-corrected chi connectivity index (χ1v) is 8.17.